The number of hydrogen-bond donors (Lipinski definition) is 1. The van der Waals surface area contributed by atoms with Crippen molar-refractivity contribution in [1.29, 1.82) is 0 Å². The Morgan fingerprint density at radius 1 is 1.47 bits per heavy atom. The molecule has 0 spiro atoms. The Kier molecular flexibility index (Phi) is 3.40. The van der Waals surface area contributed by atoms with Crippen molar-refractivity contribution in [2.45, 2.75) is 51.5 Å². The summed E-state index contributed by atoms with van der Waals surface area (Å²) < 4.78 is 0. The average molecular weight is 259 g/mol. The van der Waals surface area contributed by atoms with Crippen LogP contribution in [-0.2, 0) is 12.8 Å². The third-order valence-corrected chi connectivity index (χ3v) is 4.16. The van der Waals surface area contributed by atoms with Crippen LogP contribution < -0.4 is 0 Å². The second-order valence-corrected chi connectivity index (χ2v) is 5.48. The minimum absolute atomic E-state index is 0.0999. The molecule has 1 unspecified atom stereocenters. The molecule has 1 aromatic rings. The topological polar surface area (TPSA) is 49.0 Å². The smallest absolute Gasteiger partial charge is 0.275 e. The Labute approximate surface area is 113 Å². The molecule has 0 bridgehead atoms. The Bertz CT molecular complexity index is 503. The molecule has 1 aromatic heterocycles. The number of carbonyl (C=O) groups excluding carboxylic acids is 1. The molecule has 0 radical (unpaired) electrons. The van der Waals surface area contributed by atoms with Gasteiger partial charge in [0.25, 0.3) is 5.91 Å². The van der Waals surface area contributed by atoms with Crippen molar-refractivity contribution >= 4 is 5.91 Å². The molecule has 0 saturated heterocycles. The third kappa shape index (κ3) is 2.20. The lowest BCUT2D eigenvalue weighted by Crippen LogP contribution is -2.36. The molecule has 4 nitrogen and oxygen atoms in total. The first kappa shape index (κ1) is 12.5. The fourth-order valence-corrected chi connectivity index (χ4v) is 3.15. The van der Waals surface area contributed by atoms with Gasteiger partial charge in [-0.05, 0) is 32.1 Å². The largest absolute Gasteiger partial charge is 0.327 e. The van der Waals surface area contributed by atoms with Crippen molar-refractivity contribution in [3.05, 3.63) is 29.1 Å². The fraction of sp³-hybridized carbons (Fsp3) is 0.600. The van der Waals surface area contributed by atoms with Crippen molar-refractivity contribution in [3.8, 4) is 0 Å². The number of H-pyrrole nitrogens is 1. The lowest BCUT2D eigenvalue weighted by Gasteiger charge is -2.24. The van der Waals surface area contributed by atoms with Gasteiger partial charge in [0.1, 0.15) is 0 Å². The van der Waals surface area contributed by atoms with E-state index in [9.17, 15) is 4.79 Å². The molecule has 1 N–H and O–H groups in total. The molecule has 2 aliphatic rings. The van der Waals surface area contributed by atoms with Gasteiger partial charge in [-0.25, -0.2) is 0 Å². The quantitative estimate of drug-likeness (QED) is 0.848. The number of hydrogen-bond acceptors (Lipinski definition) is 2. The fourth-order valence-electron chi connectivity index (χ4n) is 3.15. The molecule has 1 aliphatic carbocycles. The Balaban J connectivity index is 1.82. The van der Waals surface area contributed by atoms with E-state index in [1.807, 2.05) is 4.90 Å². The summed E-state index contributed by atoms with van der Waals surface area (Å²) >= 11 is 0. The van der Waals surface area contributed by atoms with E-state index in [0.29, 0.717) is 5.69 Å². The first-order valence-corrected chi connectivity index (χ1v) is 7.35. The minimum Gasteiger partial charge on any atom is -0.327 e. The van der Waals surface area contributed by atoms with E-state index >= 15 is 0 Å². The number of aryl methyl sites for hydroxylation is 1. The molecule has 1 amide bonds. The van der Waals surface area contributed by atoms with Crippen LogP contribution in [0, 0.1) is 0 Å². The summed E-state index contributed by atoms with van der Waals surface area (Å²) in [4.78, 5) is 14.6. The van der Waals surface area contributed by atoms with Crippen molar-refractivity contribution in [2.24, 2.45) is 0 Å². The standard InChI is InChI=1S/C15H21N3O/c1-2-6-11-7-5-10-18(11)15(19)14-12-8-3-4-9-13(12)16-17-14/h5,7,11H,2-4,6,8-10H2,1H3,(H,16,17). The Morgan fingerprint density at radius 2 is 2.32 bits per heavy atom. The van der Waals surface area contributed by atoms with Gasteiger partial charge < -0.3 is 4.90 Å². The molecule has 4 heteroatoms. The van der Waals surface area contributed by atoms with Crippen LogP contribution >= 0.6 is 0 Å². The van der Waals surface area contributed by atoms with Crippen LogP contribution in [0.4, 0.5) is 0 Å². The van der Waals surface area contributed by atoms with Crippen LogP contribution in [0.5, 0.6) is 0 Å². The minimum atomic E-state index is 0.0999. The SMILES string of the molecule is CCCC1C=CCN1C(=O)c1n[nH]c2c1CCCC2. The maximum absolute atomic E-state index is 12.7. The van der Waals surface area contributed by atoms with Gasteiger partial charge in [0.2, 0.25) is 0 Å². The van der Waals surface area contributed by atoms with E-state index in [-0.39, 0.29) is 11.9 Å². The van der Waals surface area contributed by atoms with Crippen LogP contribution in [0.25, 0.3) is 0 Å². The zero-order valence-electron chi connectivity index (χ0n) is 11.5. The number of nitrogens with one attached hydrogen (secondary N) is 1. The van der Waals surface area contributed by atoms with Gasteiger partial charge in [0.05, 0.1) is 6.04 Å². The van der Waals surface area contributed by atoms with Gasteiger partial charge in [-0.3, -0.25) is 9.89 Å². The monoisotopic (exact) mass is 259 g/mol. The normalized spacial score (nSPS) is 21.7. The molecule has 102 valence electrons. The number of rotatable bonds is 3. The highest BCUT2D eigenvalue weighted by Gasteiger charge is 2.30. The maximum atomic E-state index is 12.7. The van der Waals surface area contributed by atoms with Crippen molar-refractivity contribution in [2.75, 3.05) is 6.54 Å². The molecular formula is C15H21N3O. The Hall–Kier alpha value is -1.58. The van der Waals surface area contributed by atoms with E-state index in [4.69, 9.17) is 0 Å². The number of fused-ring (bicyclic) bond motifs is 1. The molecule has 3 rings (SSSR count). The van der Waals surface area contributed by atoms with E-state index in [0.717, 1.165) is 32.2 Å². The first-order valence-electron chi connectivity index (χ1n) is 7.35. The van der Waals surface area contributed by atoms with Crippen LogP contribution in [0.15, 0.2) is 12.2 Å². The number of amides is 1. The van der Waals surface area contributed by atoms with Gasteiger partial charge >= 0.3 is 0 Å². The van der Waals surface area contributed by atoms with Gasteiger partial charge in [-0.1, -0.05) is 25.5 Å². The highest BCUT2D eigenvalue weighted by Crippen LogP contribution is 2.25. The Morgan fingerprint density at radius 3 is 3.16 bits per heavy atom. The molecule has 19 heavy (non-hydrogen) atoms. The molecular weight excluding hydrogens is 238 g/mol. The van der Waals surface area contributed by atoms with Gasteiger partial charge in [-0.15, -0.1) is 0 Å². The summed E-state index contributed by atoms with van der Waals surface area (Å²) in [6.07, 6.45) is 10.8. The van der Waals surface area contributed by atoms with Gasteiger partial charge in [-0.2, -0.15) is 5.10 Å². The summed E-state index contributed by atoms with van der Waals surface area (Å²) in [5.74, 6) is 0.0999. The summed E-state index contributed by atoms with van der Waals surface area (Å²) in [5, 5.41) is 7.35. The van der Waals surface area contributed by atoms with Crippen LogP contribution in [0.2, 0.25) is 0 Å². The van der Waals surface area contributed by atoms with E-state index in [1.165, 1.54) is 24.1 Å². The zero-order valence-corrected chi connectivity index (χ0v) is 11.5. The highest BCUT2D eigenvalue weighted by atomic mass is 16.2. The number of nitrogens with zero attached hydrogens (tertiary/aromatic N) is 2. The third-order valence-electron chi connectivity index (χ3n) is 4.16. The summed E-state index contributed by atoms with van der Waals surface area (Å²) in [6, 6.07) is 0.258. The lowest BCUT2D eigenvalue weighted by atomic mass is 9.95. The number of aromatic nitrogens is 2. The second kappa shape index (κ2) is 5.19. The van der Waals surface area contributed by atoms with Gasteiger partial charge in [0, 0.05) is 17.8 Å². The van der Waals surface area contributed by atoms with E-state index in [1.54, 1.807) is 0 Å². The molecule has 0 aromatic carbocycles. The van der Waals surface area contributed by atoms with Crippen molar-refractivity contribution in [3.63, 3.8) is 0 Å². The van der Waals surface area contributed by atoms with Crippen LogP contribution in [0.3, 0.4) is 0 Å². The van der Waals surface area contributed by atoms with Crippen LogP contribution in [-0.4, -0.2) is 33.6 Å². The molecule has 1 aliphatic heterocycles. The summed E-state index contributed by atoms with van der Waals surface area (Å²) in [5.41, 5.74) is 3.01. The van der Waals surface area contributed by atoms with Crippen molar-refractivity contribution < 1.29 is 4.79 Å². The predicted octanol–water partition coefficient (Wildman–Crippen LogP) is 2.47. The molecule has 1 atom stereocenters. The maximum Gasteiger partial charge on any atom is 0.275 e. The lowest BCUT2D eigenvalue weighted by molar-refractivity contribution is 0.0737. The highest BCUT2D eigenvalue weighted by molar-refractivity contribution is 5.94. The summed E-state index contributed by atoms with van der Waals surface area (Å²) in [6.45, 7) is 2.89. The zero-order chi connectivity index (χ0) is 13.2. The average Bonchev–Trinajstić information content (AvgIpc) is 3.04. The van der Waals surface area contributed by atoms with Crippen LogP contribution in [0.1, 0.15) is 54.4 Å². The summed E-state index contributed by atoms with van der Waals surface area (Å²) in [7, 11) is 0. The van der Waals surface area contributed by atoms with E-state index < -0.39 is 0 Å². The molecule has 2 heterocycles. The molecule has 0 fully saturated rings. The second-order valence-electron chi connectivity index (χ2n) is 5.48. The number of carbonyl (C=O) groups is 1. The molecule has 0 saturated carbocycles. The first-order chi connectivity index (χ1) is 9.31. The predicted molar refractivity (Wildman–Crippen MR) is 74.1 cm³/mol. The van der Waals surface area contributed by atoms with E-state index in [2.05, 4.69) is 29.3 Å². The van der Waals surface area contributed by atoms with Gasteiger partial charge in [0.15, 0.2) is 5.69 Å². The number of aromatic amines is 1. The van der Waals surface area contributed by atoms with Crippen molar-refractivity contribution in [1.82, 2.24) is 15.1 Å².